The van der Waals surface area contributed by atoms with Gasteiger partial charge in [0, 0.05) is 31.9 Å². The van der Waals surface area contributed by atoms with Crippen molar-refractivity contribution < 1.29 is 23.5 Å². The largest absolute Gasteiger partial charge is 0.459 e. The summed E-state index contributed by atoms with van der Waals surface area (Å²) < 4.78 is 16.3. The van der Waals surface area contributed by atoms with Crippen LogP contribution in [-0.4, -0.2) is 54.6 Å². The number of nitrogens with one attached hydrogen (secondary N) is 1. The number of carbonyl (C=O) groups is 2. The summed E-state index contributed by atoms with van der Waals surface area (Å²) in [5.74, 6) is 1.78. The maximum atomic E-state index is 13.6. The van der Waals surface area contributed by atoms with Gasteiger partial charge in [0.15, 0.2) is 17.3 Å². The molecule has 1 aromatic heterocycles. The Hall–Kier alpha value is -3.78. The van der Waals surface area contributed by atoms with E-state index in [4.69, 9.17) is 13.9 Å². The van der Waals surface area contributed by atoms with Crippen molar-refractivity contribution >= 4 is 17.5 Å². The third-order valence-corrected chi connectivity index (χ3v) is 6.50. The summed E-state index contributed by atoms with van der Waals surface area (Å²) in [6.07, 6.45) is 1.50. The minimum absolute atomic E-state index is 0.132. The molecule has 35 heavy (non-hydrogen) atoms. The number of nitrogens with zero attached hydrogens (tertiary/aromatic N) is 2. The number of hydrogen-bond donors (Lipinski definition) is 1. The first-order chi connectivity index (χ1) is 17.0. The minimum Gasteiger partial charge on any atom is -0.459 e. The quantitative estimate of drug-likeness (QED) is 0.573. The molecule has 0 aliphatic carbocycles. The highest BCUT2D eigenvalue weighted by molar-refractivity contribution is 5.96. The topological polar surface area (TPSA) is 84.3 Å². The van der Waals surface area contributed by atoms with E-state index in [1.54, 1.807) is 17.0 Å². The fraction of sp³-hybridized carbons (Fsp3) is 0.333. The molecule has 5 rings (SSSR count). The van der Waals surface area contributed by atoms with Gasteiger partial charge in [0.2, 0.25) is 12.7 Å². The van der Waals surface area contributed by atoms with Gasteiger partial charge in [0.05, 0.1) is 6.26 Å². The van der Waals surface area contributed by atoms with Crippen LogP contribution in [0, 0.1) is 0 Å². The van der Waals surface area contributed by atoms with E-state index in [0.717, 1.165) is 11.3 Å². The van der Waals surface area contributed by atoms with Crippen LogP contribution in [0.2, 0.25) is 0 Å². The Labute approximate surface area is 204 Å². The van der Waals surface area contributed by atoms with Crippen molar-refractivity contribution in [1.29, 1.82) is 0 Å². The second-order valence-corrected chi connectivity index (χ2v) is 9.09. The van der Waals surface area contributed by atoms with E-state index in [1.807, 2.05) is 42.5 Å². The normalized spacial score (nSPS) is 16.4. The van der Waals surface area contributed by atoms with Crippen LogP contribution in [0.25, 0.3) is 0 Å². The number of fused-ring (bicyclic) bond motifs is 1. The van der Waals surface area contributed by atoms with Gasteiger partial charge in [0.25, 0.3) is 5.91 Å². The third-order valence-electron chi connectivity index (χ3n) is 6.50. The zero-order chi connectivity index (χ0) is 24.4. The third kappa shape index (κ3) is 4.88. The molecular formula is C27H29N3O5. The van der Waals surface area contributed by atoms with Crippen LogP contribution in [0.1, 0.15) is 47.5 Å². The van der Waals surface area contributed by atoms with Gasteiger partial charge in [-0.1, -0.05) is 32.0 Å². The Balaban J connectivity index is 1.35. The molecule has 3 heterocycles. The first kappa shape index (κ1) is 23.0. The number of hydrogen-bond acceptors (Lipinski definition) is 6. The molecular weight excluding hydrogens is 446 g/mol. The van der Waals surface area contributed by atoms with Crippen LogP contribution >= 0.6 is 0 Å². The molecule has 2 amide bonds. The van der Waals surface area contributed by atoms with Crippen LogP contribution in [0.15, 0.2) is 65.3 Å². The fourth-order valence-corrected chi connectivity index (χ4v) is 4.51. The van der Waals surface area contributed by atoms with E-state index in [2.05, 4.69) is 24.1 Å². The van der Waals surface area contributed by atoms with E-state index >= 15 is 0 Å². The molecule has 0 radical (unpaired) electrons. The van der Waals surface area contributed by atoms with Crippen molar-refractivity contribution in [2.75, 3.05) is 38.3 Å². The van der Waals surface area contributed by atoms with E-state index in [-0.39, 0.29) is 18.6 Å². The van der Waals surface area contributed by atoms with E-state index in [1.165, 1.54) is 11.8 Å². The number of benzene rings is 2. The molecule has 2 aromatic carbocycles. The number of piperazine rings is 1. The molecule has 1 atom stereocenters. The van der Waals surface area contributed by atoms with Crippen molar-refractivity contribution in [1.82, 2.24) is 9.80 Å². The molecule has 0 saturated carbocycles. The molecule has 0 unspecified atom stereocenters. The van der Waals surface area contributed by atoms with Crippen LogP contribution in [-0.2, 0) is 4.79 Å². The first-order valence-electron chi connectivity index (χ1n) is 11.9. The standard InChI is InChI=1S/C27H29N3O5/c1-18(2)19-5-8-21(9-6-19)28-26(31)25(20-7-10-22-24(16-20)35-17-34-22)29-11-13-30(14-12-29)27(32)23-4-3-15-33-23/h3-10,15-16,18,25H,11-14,17H2,1-2H3,(H,28,31)/t25-/m1/s1. The van der Waals surface area contributed by atoms with Crippen molar-refractivity contribution in [2.45, 2.75) is 25.8 Å². The van der Waals surface area contributed by atoms with Gasteiger partial charge in [0.1, 0.15) is 6.04 Å². The molecule has 1 fully saturated rings. The molecule has 2 aliphatic heterocycles. The van der Waals surface area contributed by atoms with Crippen LogP contribution < -0.4 is 14.8 Å². The summed E-state index contributed by atoms with van der Waals surface area (Å²) in [5.41, 5.74) is 2.78. The van der Waals surface area contributed by atoms with Crippen molar-refractivity contribution in [3.63, 3.8) is 0 Å². The predicted molar refractivity (Wildman–Crippen MR) is 131 cm³/mol. The first-order valence-corrected chi connectivity index (χ1v) is 11.9. The zero-order valence-corrected chi connectivity index (χ0v) is 19.9. The van der Waals surface area contributed by atoms with Gasteiger partial charge < -0.3 is 24.1 Å². The number of ether oxygens (including phenoxy) is 2. The summed E-state index contributed by atoms with van der Waals surface area (Å²) in [5, 5.41) is 3.08. The molecule has 2 aliphatic rings. The van der Waals surface area contributed by atoms with Gasteiger partial charge in [-0.3, -0.25) is 14.5 Å². The molecule has 0 bridgehead atoms. The van der Waals surface area contributed by atoms with Gasteiger partial charge in [-0.05, 0) is 53.4 Å². The van der Waals surface area contributed by atoms with Crippen LogP contribution in [0.4, 0.5) is 5.69 Å². The van der Waals surface area contributed by atoms with Crippen LogP contribution in [0.3, 0.4) is 0 Å². The van der Waals surface area contributed by atoms with Crippen LogP contribution in [0.5, 0.6) is 11.5 Å². The number of furan rings is 1. The SMILES string of the molecule is CC(C)c1ccc(NC(=O)[C@@H](c2ccc3c(c2)OCO3)N2CCN(C(=O)c3ccco3)CC2)cc1. The van der Waals surface area contributed by atoms with Gasteiger partial charge in [-0.2, -0.15) is 0 Å². The number of rotatable bonds is 6. The Bertz CT molecular complexity index is 1180. The smallest absolute Gasteiger partial charge is 0.289 e. The second kappa shape index (κ2) is 9.84. The molecule has 3 aromatic rings. The van der Waals surface area contributed by atoms with E-state index in [0.29, 0.717) is 49.4 Å². The summed E-state index contributed by atoms with van der Waals surface area (Å²) >= 11 is 0. The molecule has 1 N–H and O–H groups in total. The maximum absolute atomic E-state index is 13.6. The van der Waals surface area contributed by atoms with Crippen molar-refractivity contribution in [3.05, 3.63) is 77.7 Å². The minimum atomic E-state index is -0.546. The molecule has 0 spiro atoms. The highest BCUT2D eigenvalue weighted by atomic mass is 16.7. The van der Waals surface area contributed by atoms with Crippen molar-refractivity contribution in [3.8, 4) is 11.5 Å². The summed E-state index contributed by atoms with van der Waals surface area (Å²) in [7, 11) is 0. The Kier molecular flexibility index (Phi) is 6.46. The lowest BCUT2D eigenvalue weighted by atomic mass is 10.0. The fourth-order valence-electron chi connectivity index (χ4n) is 4.51. The average molecular weight is 476 g/mol. The van der Waals surface area contributed by atoms with E-state index < -0.39 is 6.04 Å². The highest BCUT2D eigenvalue weighted by Crippen LogP contribution is 2.36. The number of anilines is 1. The summed E-state index contributed by atoms with van der Waals surface area (Å²) in [6.45, 7) is 6.54. The maximum Gasteiger partial charge on any atom is 0.289 e. The van der Waals surface area contributed by atoms with Gasteiger partial charge in [-0.25, -0.2) is 0 Å². The number of carbonyl (C=O) groups excluding carboxylic acids is 2. The Morgan fingerprint density at radius 3 is 2.29 bits per heavy atom. The number of amides is 2. The Morgan fingerprint density at radius 1 is 0.886 bits per heavy atom. The molecule has 1 saturated heterocycles. The lowest BCUT2D eigenvalue weighted by molar-refractivity contribution is -0.122. The average Bonchev–Trinajstić information content (AvgIpc) is 3.57. The summed E-state index contributed by atoms with van der Waals surface area (Å²) in [6, 6.07) is 16.4. The zero-order valence-electron chi connectivity index (χ0n) is 19.9. The molecule has 8 heteroatoms. The lowest BCUT2D eigenvalue weighted by Gasteiger charge is -2.38. The molecule has 182 valence electrons. The molecule has 8 nitrogen and oxygen atoms in total. The van der Waals surface area contributed by atoms with Crippen molar-refractivity contribution in [2.24, 2.45) is 0 Å². The predicted octanol–water partition coefficient (Wildman–Crippen LogP) is 4.27. The second-order valence-electron chi connectivity index (χ2n) is 9.09. The van der Waals surface area contributed by atoms with Gasteiger partial charge >= 0.3 is 0 Å². The monoisotopic (exact) mass is 475 g/mol. The van der Waals surface area contributed by atoms with E-state index in [9.17, 15) is 9.59 Å². The highest BCUT2D eigenvalue weighted by Gasteiger charge is 2.33. The summed E-state index contributed by atoms with van der Waals surface area (Å²) in [4.78, 5) is 30.2. The Morgan fingerprint density at radius 2 is 1.60 bits per heavy atom. The lowest BCUT2D eigenvalue weighted by Crippen LogP contribution is -2.51. The van der Waals surface area contributed by atoms with Gasteiger partial charge in [-0.15, -0.1) is 0 Å².